The van der Waals surface area contributed by atoms with Crippen LogP contribution in [0.4, 0.5) is 5.69 Å². The third kappa shape index (κ3) is 4.04. The quantitative estimate of drug-likeness (QED) is 0.530. The van der Waals surface area contributed by atoms with Gasteiger partial charge in [-0.05, 0) is 55.3 Å². The molecule has 0 saturated heterocycles. The van der Waals surface area contributed by atoms with E-state index in [1.165, 1.54) is 0 Å². The van der Waals surface area contributed by atoms with Crippen LogP contribution in [0.1, 0.15) is 32.8 Å². The maximum atomic E-state index is 12.3. The van der Waals surface area contributed by atoms with Crippen molar-refractivity contribution in [3.63, 3.8) is 0 Å². The lowest BCUT2D eigenvalue weighted by atomic mass is 10.0. The van der Waals surface area contributed by atoms with E-state index >= 15 is 0 Å². The zero-order valence-corrected chi connectivity index (χ0v) is 14.8. The number of benzene rings is 2. The molecular weight excluding hydrogens is 354 g/mol. The third-order valence-electron chi connectivity index (χ3n) is 4.04. The number of aromatic amines is 1. The van der Waals surface area contributed by atoms with Gasteiger partial charge in [-0.25, -0.2) is 4.79 Å². The molecule has 0 aliphatic carbocycles. The minimum atomic E-state index is -1.00. The van der Waals surface area contributed by atoms with E-state index in [2.05, 4.69) is 10.3 Å². The molecule has 0 bridgehead atoms. The van der Waals surface area contributed by atoms with Gasteiger partial charge < -0.3 is 21.1 Å². The van der Waals surface area contributed by atoms with Gasteiger partial charge >= 0.3 is 5.97 Å². The average molecular weight is 374 g/mol. The molecule has 1 amide bonds. The van der Waals surface area contributed by atoms with E-state index in [9.17, 15) is 14.7 Å². The largest absolute Gasteiger partial charge is 0.477 e. The smallest absolute Gasteiger partial charge is 0.352 e. The Balaban J connectivity index is 0.00000243. The van der Waals surface area contributed by atoms with Gasteiger partial charge in [0.05, 0.1) is 0 Å². The maximum absolute atomic E-state index is 12.3. The lowest BCUT2D eigenvalue weighted by Crippen LogP contribution is -2.11. The van der Waals surface area contributed by atoms with E-state index in [1.54, 1.807) is 42.5 Å². The summed E-state index contributed by atoms with van der Waals surface area (Å²) >= 11 is 0. The van der Waals surface area contributed by atoms with Gasteiger partial charge in [-0.2, -0.15) is 0 Å². The van der Waals surface area contributed by atoms with Crippen molar-refractivity contribution in [1.29, 1.82) is 0 Å². The van der Waals surface area contributed by atoms with Crippen molar-refractivity contribution in [3.8, 4) is 0 Å². The molecule has 0 saturated carbocycles. The van der Waals surface area contributed by atoms with E-state index < -0.39 is 5.97 Å². The topological polar surface area (TPSA) is 108 Å². The number of carbonyl (C=O) groups excluding carboxylic acids is 1. The number of hydrogen-bond donors (Lipinski definition) is 4. The van der Waals surface area contributed by atoms with E-state index in [1.807, 2.05) is 6.07 Å². The van der Waals surface area contributed by atoms with Crippen molar-refractivity contribution in [1.82, 2.24) is 4.98 Å². The first-order valence-electron chi connectivity index (χ1n) is 8.04. The fourth-order valence-corrected chi connectivity index (χ4v) is 2.84. The minimum absolute atomic E-state index is 0. The van der Waals surface area contributed by atoms with Crippen molar-refractivity contribution in [2.45, 2.75) is 12.8 Å². The Morgan fingerprint density at radius 3 is 2.50 bits per heavy atom. The number of halogens is 1. The number of nitrogens with one attached hydrogen (secondary N) is 2. The van der Waals surface area contributed by atoms with Crippen LogP contribution >= 0.6 is 12.4 Å². The molecule has 0 spiro atoms. The highest BCUT2D eigenvalue weighted by Gasteiger charge is 2.17. The number of aromatic carboxylic acids is 1. The summed E-state index contributed by atoms with van der Waals surface area (Å²) in [6.45, 7) is 0.482. The van der Waals surface area contributed by atoms with Crippen LogP contribution in [-0.4, -0.2) is 28.5 Å². The van der Waals surface area contributed by atoms with Gasteiger partial charge in [-0.15, -0.1) is 12.4 Å². The second-order valence-electron chi connectivity index (χ2n) is 5.76. The number of rotatable bonds is 6. The summed E-state index contributed by atoms with van der Waals surface area (Å²) in [5.74, 6) is -1.21. The number of aryl methyl sites for hydroxylation is 1. The molecule has 0 aliphatic rings. The lowest BCUT2D eigenvalue weighted by Gasteiger charge is -2.06. The molecule has 0 radical (unpaired) electrons. The second-order valence-corrected chi connectivity index (χ2v) is 5.76. The molecule has 5 N–H and O–H groups in total. The van der Waals surface area contributed by atoms with Gasteiger partial charge in [-0.1, -0.05) is 18.2 Å². The van der Waals surface area contributed by atoms with Crippen LogP contribution in [0.2, 0.25) is 0 Å². The molecule has 3 rings (SSSR count). The maximum Gasteiger partial charge on any atom is 0.352 e. The molecule has 1 heterocycles. The number of carboxylic acids is 1. The van der Waals surface area contributed by atoms with Crippen LogP contribution in [0.5, 0.6) is 0 Å². The van der Waals surface area contributed by atoms with Crippen LogP contribution in [0.25, 0.3) is 10.9 Å². The van der Waals surface area contributed by atoms with E-state index in [0.717, 1.165) is 10.9 Å². The molecule has 136 valence electrons. The van der Waals surface area contributed by atoms with Crippen molar-refractivity contribution in [2.24, 2.45) is 5.73 Å². The van der Waals surface area contributed by atoms with Gasteiger partial charge in [0, 0.05) is 22.2 Å². The number of hydrogen-bond acceptors (Lipinski definition) is 3. The lowest BCUT2D eigenvalue weighted by molar-refractivity contribution is 0.0690. The molecule has 26 heavy (non-hydrogen) atoms. The number of H-pyrrole nitrogens is 1. The Bertz CT molecular complexity index is 922. The Kier molecular flexibility index (Phi) is 6.38. The third-order valence-corrected chi connectivity index (χ3v) is 4.04. The number of fused-ring (bicyclic) bond motifs is 1. The van der Waals surface area contributed by atoms with Gasteiger partial charge in [0.1, 0.15) is 5.69 Å². The van der Waals surface area contributed by atoms with Crippen LogP contribution in [0, 0.1) is 0 Å². The molecule has 6 nitrogen and oxygen atoms in total. The van der Waals surface area contributed by atoms with E-state index in [-0.39, 0.29) is 24.0 Å². The van der Waals surface area contributed by atoms with Crippen molar-refractivity contribution < 1.29 is 14.7 Å². The van der Waals surface area contributed by atoms with Gasteiger partial charge in [-0.3, -0.25) is 4.79 Å². The molecule has 0 unspecified atom stereocenters. The highest BCUT2D eigenvalue weighted by atomic mass is 35.5. The Hall–Kier alpha value is -2.83. The fourth-order valence-electron chi connectivity index (χ4n) is 2.84. The summed E-state index contributed by atoms with van der Waals surface area (Å²) in [5.41, 5.74) is 8.35. The summed E-state index contributed by atoms with van der Waals surface area (Å²) in [4.78, 5) is 26.7. The predicted octanol–water partition coefficient (Wildman–Crippen LogP) is 3.43. The average Bonchev–Trinajstić information content (AvgIpc) is 2.99. The van der Waals surface area contributed by atoms with Crippen LogP contribution in [0.3, 0.4) is 0 Å². The van der Waals surface area contributed by atoms with Crippen LogP contribution in [0.15, 0.2) is 48.5 Å². The molecule has 2 aromatic carbocycles. The summed E-state index contributed by atoms with van der Waals surface area (Å²) in [6, 6.07) is 14.2. The first-order valence-corrected chi connectivity index (χ1v) is 8.04. The van der Waals surface area contributed by atoms with Crippen molar-refractivity contribution in [3.05, 3.63) is 65.4 Å². The van der Waals surface area contributed by atoms with Gasteiger partial charge in [0.15, 0.2) is 0 Å². The second kappa shape index (κ2) is 8.51. The Morgan fingerprint density at radius 2 is 1.85 bits per heavy atom. The minimum Gasteiger partial charge on any atom is -0.477 e. The zero-order valence-electron chi connectivity index (χ0n) is 14.0. The first-order chi connectivity index (χ1) is 12.1. The number of aromatic nitrogens is 1. The molecule has 0 fully saturated rings. The number of anilines is 1. The highest BCUT2D eigenvalue weighted by Crippen LogP contribution is 2.27. The number of carboxylic acid groups (broad SMARTS) is 1. The van der Waals surface area contributed by atoms with Crippen molar-refractivity contribution >= 4 is 40.9 Å². The molecule has 3 aromatic rings. The summed E-state index contributed by atoms with van der Waals surface area (Å²) in [6.07, 6.45) is 1.25. The van der Waals surface area contributed by atoms with E-state index in [4.69, 9.17) is 5.73 Å². The number of carbonyl (C=O) groups is 2. The monoisotopic (exact) mass is 373 g/mol. The summed E-state index contributed by atoms with van der Waals surface area (Å²) < 4.78 is 0. The molecule has 7 heteroatoms. The van der Waals surface area contributed by atoms with Crippen molar-refractivity contribution in [2.75, 3.05) is 11.9 Å². The Labute approximate surface area is 156 Å². The molecule has 1 aromatic heterocycles. The zero-order chi connectivity index (χ0) is 17.8. The molecule has 0 aliphatic heterocycles. The number of nitrogens with two attached hydrogens (primary N) is 1. The van der Waals surface area contributed by atoms with Gasteiger partial charge in [0.25, 0.3) is 5.91 Å². The van der Waals surface area contributed by atoms with Crippen LogP contribution < -0.4 is 11.1 Å². The number of amides is 1. The SMILES string of the molecule is Cl.NCCCc1c(C(=O)O)[nH]c2ccc(NC(=O)c3ccccc3)cc12. The first kappa shape index (κ1) is 19.5. The summed E-state index contributed by atoms with van der Waals surface area (Å²) in [5, 5.41) is 13.0. The molecular formula is C19H20ClN3O3. The Morgan fingerprint density at radius 1 is 1.12 bits per heavy atom. The normalized spacial score (nSPS) is 10.3. The standard InChI is InChI=1S/C19H19N3O3.ClH/c20-10-4-7-14-15-11-13(8-9-16(15)22-17(14)19(24)25)21-18(23)12-5-2-1-3-6-12;/h1-3,5-6,8-9,11,22H,4,7,10,20H2,(H,21,23)(H,24,25);1H. The highest BCUT2D eigenvalue weighted by molar-refractivity contribution is 6.06. The fraction of sp³-hybridized carbons (Fsp3) is 0.158. The van der Waals surface area contributed by atoms with Crippen LogP contribution in [-0.2, 0) is 6.42 Å². The predicted molar refractivity (Wildman–Crippen MR) is 104 cm³/mol. The molecule has 0 atom stereocenters. The van der Waals surface area contributed by atoms with Gasteiger partial charge in [0.2, 0.25) is 0 Å². The van der Waals surface area contributed by atoms with E-state index in [0.29, 0.717) is 36.2 Å². The summed E-state index contributed by atoms with van der Waals surface area (Å²) in [7, 11) is 0.